The summed E-state index contributed by atoms with van der Waals surface area (Å²) in [6.45, 7) is 6.70. The molecule has 1 aliphatic rings. The van der Waals surface area contributed by atoms with Crippen LogP contribution in [0.1, 0.15) is 26.7 Å². The van der Waals surface area contributed by atoms with Crippen molar-refractivity contribution in [3.8, 4) is 11.5 Å². The van der Waals surface area contributed by atoms with Crippen LogP contribution >= 0.6 is 0 Å². The Morgan fingerprint density at radius 3 is 2.33 bits per heavy atom. The van der Waals surface area contributed by atoms with Gasteiger partial charge in [-0.2, -0.15) is 0 Å². The van der Waals surface area contributed by atoms with Gasteiger partial charge >= 0.3 is 0 Å². The van der Waals surface area contributed by atoms with E-state index in [2.05, 4.69) is 12.2 Å². The van der Waals surface area contributed by atoms with Crippen LogP contribution in [0.5, 0.6) is 11.5 Å². The van der Waals surface area contributed by atoms with E-state index < -0.39 is 0 Å². The maximum Gasteiger partial charge on any atom is 0.119 e. The van der Waals surface area contributed by atoms with Crippen molar-refractivity contribution in [2.24, 2.45) is 5.92 Å². The molecule has 1 atom stereocenters. The lowest BCUT2D eigenvalue weighted by Gasteiger charge is -2.14. The van der Waals surface area contributed by atoms with Crippen LogP contribution in [-0.2, 0) is 0 Å². The average molecular weight is 249 g/mol. The Morgan fingerprint density at radius 2 is 1.78 bits per heavy atom. The largest absolute Gasteiger partial charge is 0.494 e. The summed E-state index contributed by atoms with van der Waals surface area (Å²) in [4.78, 5) is 0. The molecule has 2 rings (SSSR count). The van der Waals surface area contributed by atoms with Crippen molar-refractivity contribution < 1.29 is 9.47 Å². The summed E-state index contributed by atoms with van der Waals surface area (Å²) < 4.78 is 11.2. The fraction of sp³-hybridized carbons (Fsp3) is 0.600. The topological polar surface area (TPSA) is 30.5 Å². The van der Waals surface area contributed by atoms with Crippen LogP contribution in [0.15, 0.2) is 24.3 Å². The van der Waals surface area contributed by atoms with Gasteiger partial charge < -0.3 is 14.8 Å². The number of rotatable bonds is 8. The fourth-order valence-corrected chi connectivity index (χ4v) is 1.75. The van der Waals surface area contributed by atoms with Gasteiger partial charge in [0.25, 0.3) is 0 Å². The molecule has 0 spiro atoms. The van der Waals surface area contributed by atoms with E-state index in [0.29, 0.717) is 12.5 Å². The summed E-state index contributed by atoms with van der Waals surface area (Å²) in [6, 6.07) is 8.61. The highest BCUT2D eigenvalue weighted by Gasteiger charge is 2.20. The second kappa shape index (κ2) is 6.64. The fourth-order valence-electron chi connectivity index (χ4n) is 1.75. The third-order valence-corrected chi connectivity index (χ3v) is 3.00. The van der Waals surface area contributed by atoms with Gasteiger partial charge in [-0.15, -0.1) is 0 Å². The third-order valence-electron chi connectivity index (χ3n) is 3.00. The zero-order chi connectivity index (χ0) is 12.8. The molecule has 0 aromatic heterocycles. The van der Waals surface area contributed by atoms with E-state index in [4.69, 9.17) is 9.47 Å². The van der Waals surface area contributed by atoms with Crippen molar-refractivity contribution in [2.75, 3.05) is 19.8 Å². The minimum Gasteiger partial charge on any atom is -0.494 e. The Labute approximate surface area is 109 Å². The van der Waals surface area contributed by atoms with Crippen molar-refractivity contribution >= 4 is 0 Å². The molecule has 0 radical (unpaired) electrons. The summed E-state index contributed by atoms with van der Waals surface area (Å²) in [6.07, 6.45) is 2.68. The molecule has 0 amide bonds. The zero-order valence-corrected chi connectivity index (χ0v) is 11.3. The van der Waals surface area contributed by atoms with Gasteiger partial charge in [0, 0.05) is 18.5 Å². The van der Waals surface area contributed by atoms with E-state index in [-0.39, 0.29) is 0 Å². The van der Waals surface area contributed by atoms with Gasteiger partial charge in [-0.05, 0) is 44.0 Å². The number of hydrogen-bond acceptors (Lipinski definition) is 3. The molecule has 0 aliphatic heterocycles. The summed E-state index contributed by atoms with van der Waals surface area (Å²) in [7, 11) is 0. The quantitative estimate of drug-likeness (QED) is 0.768. The molecule has 1 unspecified atom stereocenters. The predicted octanol–water partition coefficient (Wildman–Crippen LogP) is 2.85. The normalized spacial score (nSPS) is 16.3. The molecular weight excluding hydrogens is 226 g/mol. The van der Waals surface area contributed by atoms with Crippen LogP contribution in [0, 0.1) is 5.92 Å². The standard InChI is InChI=1S/C15H23NO2/c1-3-17-14-6-8-15(9-7-14)18-11-12(2)10-16-13-4-5-13/h6-9,12-13,16H,3-5,10-11H2,1-2H3. The first-order valence-electron chi connectivity index (χ1n) is 6.87. The number of nitrogens with one attached hydrogen (secondary N) is 1. The molecule has 1 aromatic rings. The van der Waals surface area contributed by atoms with Gasteiger partial charge in [-0.1, -0.05) is 6.92 Å². The minimum absolute atomic E-state index is 0.539. The first-order chi connectivity index (χ1) is 8.78. The van der Waals surface area contributed by atoms with Crippen molar-refractivity contribution in [1.82, 2.24) is 5.32 Å². The summed E-state index contributed by atoms with van der Waals surface area (Å²) in [5.74, 6) is 2.35. The first-order valence-corrected chi connectivity index (χ1v) is 6.87. The minimum atomic E-state index is 0.539. The Kier molecular flexibility index (Phi) is 4.88. The second-order valence-electron chi connectivity index (χ2n) is 5.00. The number of hydrogen-bond donors (Lipinski definition) is 1. The monoisotopic (exact) mass is 249 g/mol. The molecule has 0 saturated heterocycles. The SMILES string of the molecule is CCOc1ccc(OCC(C)CNC2CC2)cc1. The molecule has 1 aliphatic carbocycles. The predicted molar refractivity (Wildman–Crippen MR) is 73.3 cm³/mol. The van der Waals surface area contributed by atoms with Crippen LogP contribution in [0.3, 0.4) is 0 Å². The van der Waals surface area contributed by atoms with Crippen LogP contribution in [0.2, 0.25) is 0 Å². The highest BCUT2D eigenvalue weighted by molar-refractivity contribution is 5.31. The molecule has 3 heteroatoms. The maximum atomic E-state index is 5.76. The Balaban J connectivity index is 1.67. The average Bonchev–Trinajstić information content (AvgIpc) is 3.20. The second-order valence-corrected chi connectivity index (χ2v) is 5.00. The molecule has 1 fully saturated rings. The van der Waals surface area contributed by atoms with Crippen LogP contribution < -0.4 is 14.8 Å². The highest BCUT2D eigenvalue weighted by atomic mass is 16.5. The van der Waals surface area contributed by atoms with E-state index >= 15 is 0 Å². The summed E-state index contributed by atoms with van der Waals surface area (Å²) >= 11 is 0. The van der Waals surface area contributed by atoms with Gasteiger partial charge in [-0.25, -0.2) is 0 Å². The molecule has 1 N–H and O–H groups in total. The maximum absolute atomic E-state index is 5.76. The molecule has 0 bridgehead atoms. The van der Waals surface area contributed by atoms with E-state index in [0.717, 1.165) is 30.7 Å². The van der Waals surface area contributed by atoms with Crippen molar-refractivity contribution in [1.29, 1.82) is 0 Å². The van der Waals surface area contributed by atoms with E-state index in [1.807, 2.05) is 31.2 Å². The molecule has 0 heterocycles. The first kappa shape index (κ1) is 13.2. The molecule has 1 saturated carbocycles. The zero-order valence-electron chi connectivity index (χ0n) is 11.3. The Morgan fingerprint density at radius 1 is 1.17 bits per heavy atom. The molecule has 18 heavy (non-hydrogen) atoms. The summed E-state index contributed by atoms with van der Waals surface area (Å²) in [5.41, 5.74) is 0. The van der Waals surface area contributed by atoms with E-state index in [1.165, 1.54) is 12.8 Å². The molecule has 1 aromatic carbocycles. The summed E-state index contributed by atoms with van der Waals surface area (Å²) in [5, 5.41) is 3.52. The highest BCUT2D eigenvalue weighted by Crippen LogP contribution is 2.20. The van der Waals surface area contributed by atoms with Gasteiger partial charge in [0.1, 0.15) is 11.5 Å². The lowest BCUT2D eigenvalue weighted by atomic mass is 10.2. The van der Waals surface area contributed by atoms with Crippen LogP contribution in [0.25, 0.3) is 0 Å². The van der Waals surface area contributed by atoms with Crippen molar-refractivity contribution in [3.05, 3.63) is 24.3 Å². The molecule has 3 nitrogen and oxygen atoms in total. The Hall–Kier alpha value is -1.22. The van der Waals surface area contributed by atoms with E-state index in [9.17, 15) is 0 Å². The lowest BCUT2D eigenvalue weighted by Crippen LogP contribution is -2.26. The van der Waals surface area contributed by atoms with Crippen molar-refractivity contribution in [2.45, 2.75) is 32.7 Å². The van der Waals surface area contributed by atoms with Crippen LogP contribution in [-0.4, -0.2) is 25.8 Å². The lowest BCUT2D eigenvalue weighted by molar-refractivity contribution is 0.255. The smallest absolute Gasteiger partial charge is 0.119 e. The van der Waals surface area contributed by atoms with Gasteiger partial charge in [0.15, 0.2) is 0 Å². The van der Waals surface area contributed by atoms with Gasteiger partial charge in [-0.3, -0.25) is 0 Å². The van der Waals surface area contributed by atoms with Gasteiger partial charge in [0.2, 0.25) is 0 Å². The van der Waals surface area contributed by atoms with Gasteiger partial charge in [0.05, 0.1) is 13.2 Å². The van der Waals surface area contributed by atoms with E-state index in [1.54, 1.807) is 0 Å². The Bertz CT molecular complexity index is 346. The van der Waals surface area contributed by atoms with Crippen LogP contribution in [0.4, 0.5) is 0 Å². The molecular formula is C15H23NO2. The number of ether oxygens (including phenoxy) is 2. The molecule has 100 valence electrons. The van der Waals surface area contributed by atoms with Crippen molar-refractivity contribution in [3.63, 3.8) is 0 Å². The number of benzene rings is 1. The third kappa shape index (κ3) is 4.57.